The van der Waals surface area contributed by atoms with Crippen molar-refractivity contribution in [1.29, 1.82) is 0 Å². The van der Waals surface area contributed by atoms with Crippen molar-refractivity contribution in [2.45, 2.75) is 106 Å². The summed E-state index contributed by atoms with van der Waals surface area (Å²) in [5.74, 6) is -0.112. The molecule has 0 aromatic heterocycles. The molecule has 1 spiro atoms. The lowest BCUT2D eigenvalue weighted by molar-refractivity contribution is -0.183. The van der Waals surface area contributed by atoms with Crippen LogP contribution in [0.15, 0.2) is 0 Å². The molecule has 5 nitrogen and oxygen atoms in total. The first kappa shape index (κ1) is 16.0. The van der Waals surface area contributed by atoms with Gasteiger partial charge in [-0.1, -0.05) is 15.7 Å². The summed E-state index contributed by atoms with van der Waals surface area (Å²) in [7, 11) is 2.78. The van der Waals surface area contributed by atoms with Gasteiger partial charge in [0.15, 0.2) is 0 Å². The Hall–Kier alpha value is -0.220. The van der Waals surface area contributed by atoms with Crippen LogP contribution in [0.3, 0.4) is 0 Å². The molecule has 2 aliphatic carbocycles. The fourth-order valence-corrected chi connectivity index (χ4v) is 5.87. The molecule has 2 bridgehead atoms. The average Bonchev–Trinajstić information content (AvgIpc) is 3.22. The van der Waals surface area contributed by atoms with Crippen molar-refractivity contribution in [3.05, 3.63) is 0 Å². The van der Waals surface area contributed by atoms with Crippen molar-refractivity contribution in [1.82, 2.24) is 0 Å². The summed E-state index contributed by atoms with van der Waals surface area (Å²) in [5, 5.41) is -0.341. The molecular formula is C18H27O5P. The molecule has 5 aliphatic rings. The fourth-order valence-electron chi connectivity index (χ4n) is 5.33. The minimum Gasteiger partial charge on any atom is -0.455 e. The maximum atomic E-state index is 12.4. The van der Waals surface area contributed by atoms with Gasteiger partial charge in [0.2, 0.25) is 0 Å². The zero-order valence-electron chi connectivity index (χ0n) is 14.1. The van der Waals surface area contributed by atoms with Crippen molar-refractivity contribution in [3.63, 3.8) is 0 Å². The third-order valence-corrected chi connectivity index (χ3v) is 7.27. The number of hydrogen-bond donors (Lipinski definition) is 0. The van der Waals surface area contributed by atoms with Gasteiger partial charge in [-0.05, 0) is 38.5 Å². The van der Waals surface area contributed by atoms with E-state index >= 15 is 0 Å². The number of hydrogen-bond acceptors (Lipinski definition) is 5. The first-order valence-electron chi connectivity index (χ1n) is 9.55. The molecule has 7 atom stereocenters. The van der Waals surface area contributed by atoms with Gasteiger partial charge < -0.3 is 18.9 Å². The molecule has 3 heterocycles. The van der Waals surface area contributed by atoms with Crippen LogP contribution >= 0.6 is 9.24 Å². The fraction of sp³-hybridized carbons (Fsp3) is 0.944. The van der Waals surface area contributed by atoms with Gasteiger partial charge in [0.05, 0.1) is 36.4 Å². The second kappa shape index (κ2) is 5.64. The SMILES string of the molecule is O=C(CC1CCC2O[C@@H]3CC2(C[C@H]2O[C@@H]32)O1)OC1(P)CCCCC1. The molecule has 0 N–H and O–H groups in total. The van der Waals surface area contributed by atoms with Crippen molar-refractivity contribution < 1.29 is 23.7 Å². The molecule has 0 amide bonds. The third kappa shape index (κ3) is 2.72. The lowest BCUT2D eigenvalue weighted by atomic mass is 9.78. The van der Waals surface area contributed by atoms with Crippen LogP contribution in [0, 0.1) is 0 Å². The van der Waals surface area contributed by atoms with E-state index in [-0.39, 0.29) is 35.2 Å². The molecule has 0 aromatic carbocycles. The molecule has 24 heavy (non-hydrogen) atoms. The highest BCUT2D eigenvalue weighted by Crippen LogP contribution is 2.55. The van der Waals surface area contributed by atoms with E-state index in [1.54, 1.807) is 0 Å². The maximum Gasteiger partial charge on any atom is 0.309 e. The first-order valence-corrected chi connectivity index (χ1v) is 10.1. The molecule has 5 fully saturated rings. The van der Waals surface area contributed by atoms with Crippen molar-refractivity contribution in [3.8, 4) is 0 Å². The van der Waals surface area contributed by atoms with E-state index < -0.39 is 0 Å². The van der Waals surface area contributed by atoms with Crippen molar-refractivity contribution in [2.75, 3.05) is 0 Å². The van der Waals surface area contributed by atoms with E-state index in [1.165, 1.54) is 6.42 Å². The van der Waals surface area contributed by atoms with Gasteiger partial charge in [-0.3, -0.25) is 4.79 Å². The monoisotopic (exact) mass is 354 g/mol. The largest absolute Gasteiger partial charge is 0.455 e. The summed E-state index contributed by atoms with van der Waals surface area (Å²) in [5.41, 5.74) is -0.213. The first-order chi connectivity index (χ1) is 11.6. The van der Waals surface area contributed by atoms with Gasteiger partial charge in [-0.25, -0.2) is 0 Å². The summed E-state index contributed by atoms with van der Waals surface area (Å²) >= 11 is 0. The molecule has 5 rings (SSSR count). The molecule has 0 aromatic rings. The Balaban J connectivity index is 1.20. The summed E-state index contributed by atoms with van der Waals surface area (Å²) < 4.78 is 24.1. The number of ether oxygens (including phenoxy) is 4. The Kier molecular flexibility index (Phi) is 3.76. The molecule has 3 saturated heterocycles. The Morgan fingerprint density at radius 2 is 1.83 bits per heavy atom. The van der Waals surface area contributed by atoms with Crippen molar-refractivity contribution in [2.24, 2.45) is 0 Å². The molecule has 0 radical (unpaired) electrons. The molecule has 3 aliphatic heterocycles. The van der Waals surface area contributed by atoms with E-state index in [0.29, 0.717) is 18.6 Å². The Morgan fingerprint density at radius 3 is 2.62 bits per heavy atom. The minimum absolute atomic E-state index is 0.0383. The van der Waals surface area contributed by atoms with E-state index in [0.717, 1.165) is 51.4 Å². The highest BCUT2D eigenvalue weighted by Gasteiger charge is 2.66. The predicted octanol–water partition coefficient (Wildman–Crippen LogP) is 2.70. The number of epoxide rings is 1. The van der Waals surface area contributed by atoms with Crippen LogP contribution in [-0.4, -0.2) is 47.4 Å². The second-order valence-electron chi connectivity index (χ2n) is 8.40. The lowest BCUT2D eigenvalue weighted by Crippen LogP contribution is -2.50. The van der Waals surface area contributed by atoms with Gasteiger partial charge in [0.1, 0.15) is 11.4 Å². The summed E-state index contributed by atoms with van der Waals surface area (Å²) in [6, 6.07) is 0. The quantitative estimate of drug-likeness (QED) is 0.443. The molecule has 4 unspecified atom stereocenters. The van der Waals surface area contributed by atoms with Gasteiger partial charge in [0.25, 0.3) is 0 Å². The summed E-state index contributed by atoms with van der Waals surface area (Å²) in [4.78, 5) is 12.4. The predicted molar refractivity (Wildman–Crippen MR) is 89.6 cm³/mol. The molecule has 2 saturated carbocycles. The van der Waals surface area contributed by atoms with Gasteiger partial charge in [-0.15, -0.1) is 0 Å². The van der Waals surface area contributed by atoms with Gasteiger partial charge in [-0.2, -0.15) is 0 Å². The Morgan fingerprint density at radius 1 is 1.08 bits per heavy atom. The molecule has 6 heteroatoms. The number of carbonyl (C=O) groups is 1. The normalized spacial score (nSPS) is 48.3. The van der Waals surface area contributed by atoms with E-state index in [1.807, 2.05) is 0 Å². The summed E-state index contributed by atoms with van der Waals surface area (Å²) in [6.45, 7) is 0. The number of fused-ring (bicyclic) bond motifs is 3. The van der Waals surface area contributed by atoms with Crippen molar-refractivity contribution >= 4 is 15.2 Å². The van der Waals surface area contributed by atoms with Crippen LogP contribution in [0.25, 0.3) is 0 Å². The Labute approximate surface area is 145 Å². The highest BCUT2D eigenvalue weighted by atomic mass is 31.0. The average molecular weight is 354 g/mol. The van der Waals surface area contributed by atoms with E-state index in [2.05, 4.69) is 9.24 Å². The molecular weight excluding hydrogens is 327 g/mol. The van der Waals surface area contributed by atoms with Crippen LogP contribution in [0.2, 0.25) is 0 Å². The zero-order valence-corrected chi connectivity index (χ0v) is 15.2. The minimum atomic E-state index is -0.341. The lowest BCUT2D eigenvalue weighted by Gasteiger charge is -2.42. The Bertz CT molecular complexity index is 530. The van der Waals surface area contributed by atoms with Crippen LogP contribution in [0.1, 0.15) is 64.2 Å². The zero-order chi connectivity index (χ0) is 16.4. The van der Waals surface area contributed by atoms with Gasteiger partial charge in [0, 0.05) is 12.8 Å². The smallest absolute Gasteiger partial charge is 0.309 e. The number of carbonyl (C=O) groups excluding carboxylic acids is 1. The third-order valence-electron chi connectivity index (χ3n) is 6.57. The van der Waals surface area contributed by atoms with Gasteiger partial charge >= 0.3 is 5.97 Å². The molecule has 134 valence electrons. The van der Waals surface area contributed by atoms with E-state index in [4.69, 9.17) is 18.9 Å². The van der Waals surface area contributed by atoms with Crippen LogP contribution in [-0.2, 0) is 23.7 Å². The van der Waals surface area contributed by atoms with Crippen LogP contribution in [0.5, 0.6) is 0 Å². The number of esters is 1. The van der Waals surface area contributed by atoms with E-state index in [9.17, 15) is 4.79 Å². The van der Waals surface area contributed by atoms with Crippen LogP contribution < -0.4 is 0 Å². The highest BCUT2D eigenvalue weighted by molar-refractivity contribution is 7.18. The maximum absolute atomic E-state index is 12.4. The second-order valence-corrected chi connectivity index (χ2v) is 9.45. The summed E-state index contributed by atoms with van der Waals surface area (Å²) in [6.07, 6.45) is 10.5. The van der Waals surface area contributed by atoms with Crippen LogP contribution in [0.4, 0.5) is 0 Å². The standard InChI is InChI=1S/C18H27O5P/c19-15(23-18(24)6-2-1-3-7-18)8-11-4-5-14-17(22-11)9-12(20-14)16-13(10-17)21-16/h11-14,16H,1-10,24H2/t11?,12-,13-,14?,16+,17?/m1/s1. The number of rotatable bonds is 3. The topological polar surface area (TPSA) is 57.3 Å².